The highest BCUT2D eigenvalue weighted by Gasteiger charge is 2.05. The monoisotopic (exact) mass is 262 g/mol. The summed E-state index contributed by atoms with van der Waals surface area (Å²) in [5, 5.41) is 12.0. The van der Waals surface area contributed by atoms with E-state index < -0.39 is 0 Å². The minimum atomic E-state index is 0.578. The van der Waals surface area contributed by atoms with Gasteiger partial charge in [-0.2, -0.15) is 10.2 Å². The van der Waals surface area contributed by atoms with Crippen LogP contribution in [0, 0.1) is 5.92 Å². The van der Waals surface area contributed by atoms with Crippen LogP contribution in [0.15, 0.2) is 18.6 Å². The van der Waals surface area contributed by atoms with E-state index in [1.165, 1.54) is 0 Å². The average molecular weight is 262 g/mol. The number of hydrogen-bond acceptors (Lipinski definition) is 4. The highest BCUT2D eigenvalue weighted by molar-refractivity contribution is 4.99. The quantitative estimate of drug-likeness (QED) is 0.756. The van der Waals surface area contributed by atoms with Crippen LogP contribution in [-0.2, 0) is 26.6 Å². The molecule has 0 aliphatic heterocycles. The molecule has 0 saturated heterocycles. The first-order valence-corrected chi connectivity index (χ1v) is 6.71. The van der Waals surface area contributed by atoms with E-state index in [1.54, 1.807) is 6.33 Å². The summed E-state index contributed by atoms with van der Waals surface area (Å²) >= 11 is 0. The molecular weight excluding hydrogens is 240 g/mol. The molecule has 0 unspecified atom stereocenters. The summed E-state index contributed by atoms with van der Waals surface area (Å²) < 4.78 is 3.80. The molecule has 0 atom stereocenters. The van der Waals surface area contributed by atoms with Crippen molar-refractivity contribution in [2.75, 3.05) is 6.54 Å². The van der Waals surface area contributed by atoms with Crippen LogP contribution in [0.5, 0.6) is 0 Å². The first-order chi connectivity index (χ1) is 9.15. The second-order valence-electron chi connectivity index (χ2n) is 5.16. The summed E-state index contributed by atoms with van der Waals surface area (Å²) in [6, 6.07) is 2.04. The van der Waals surface area contributed by atoms with E-state index in [4.69, 9.17) is 0 Å². The van der Waals surface area contributed by atoms with E-state index in [2.05, 4.69) is 34.3 Å². The Hall–Kier alpha value is -1.69. The summed E-state index contributed by atoms with van der Waals surface area (Å²) in [6.45, 7) is 6.92. The van der Waals surface area contributed by atoms with Gasteiger partial charge in [-0.1, -0.05) is 13.8 Å². The van der Waals surface area contributed by atoms with Crippen molar-refractivity contribution in [3.8, 4) is 0 Å². The molecule has 0 aliphatic rings. The second-order valence-corrected chi connectivity index (χ2v) is 5.16. The van der Waals surface area contributed by atoms with Crippen molar-refractivity contribution in [3.05, 3.63) is 30.1 Å². The Morgan fingerprint density at radius 2 is 2.21 bits per heavy atom. The number of aromatic nitrogens is 5. The topological polar surface area (TPSA) is 60.6 Å². The molecule has 1 N–H and O–H groups in total. The summed E-state index contributed by atoms with van der Waals surface area (Å²) in [5.74, 6) is 1.57. The average Bonchev–Trinajstić information content (AvgIpc) is 2.94. The normalized spacial score (nSPS) is 11.4. The second kappa shape index (κ2) is 6.47. The molecule has 0 spiro atoms. The maximum atomic E-state index is 4.35. The summed E-state index contributed by atoms with van der Waals surface area (Å²) in [5.41, 5.74) is 1.11. The summed E-state index contributed by atoms with van der Waals surface area (Å²) in [6.07, 6.45) is 4.52. The Kier molecular flexibility index (Phi) is 4.68. The summed E-state index contributed by atoms with van der Waals surface area (Å²) in [4.78, 5) is 4.29. The Labute approximate surface area is 113 Å². The van der Waals surface area contributed by atoms with Crippen LogP contribution in [0.25, 0.3) is 0 Å². The van der Waals surface area contributed by atoms with Crippen molar-refractivity contribution in [2.24, 2.45) is 13.0 Å². The van der Waals surface area contributed by atoms with Crippen LogP contribution < -0.4 is 5.32 Å². The van der Waals surface area contributed by atoms with E-state index >= 15 is 0 Å². The van der Waals surface area contributed by atoms with Crippen LogP contribution in [0.2, 0.25) is 0 Å². The predicted octanol–water partition coefficient (Wildman–Crippen LogP) is 1.000. The molecule has 0 aromatic carbocycles. The van der Waals surface area contributed by atoms with Gasteiger partial charge in [-0.25, -0.2) is 9.67 Å². The van der Waals surface area contributed by atoms with Crippen molar-refractivity contribution < 1.29 is 0 Å². The molecule has 0 fully saturated rings. The van der Waals surface area contributed by atoms with E-state index in [-0.39, 0.29) is 0 Å². The Morgan fingerprint density at radius 1 is 1.37 bits per heavy atom. The van der Waals surface area contributed by atoms with Crippen LogP contribution in [0.4, 0.5) is 0 Å². The van der Waals surface area contributed by atoms with Gasteiger partial charge in [0.25, 0.3) is 0 Å². The number of nitrogens with one attached hydrogen (secondary N) is 1. The lowest BCUT2D eigenvalue weighted by atomic mass is 10.2. The molecule has 104 valence electrons. The van der Waals surface area contributed by atoms with Gasteiger partial charge in [-0.15, -0.1) is 0 Å². The van der Waals surface area contributed by atoms with Crippen molar-refractivity contribution in [2.45, 2.75) is 33.4 Å². The largest absolute Gasteiger partial charge is 0.309 e. The SMILES string of the molecule is CC(C)Cn1ncnc1CNCCc1ccn(C)n1. The van der Waals surface area contributed by atoms with E-state index in [0.29, 0.717) is 5.92 Å². The third-order valence-corrected chi connectivity index (χ3v) is 2.84. The van der Waals surface area contributed by atoms with Crippen LogP contribution >= 0.6 is 0 Å². The first-order valence-electron chi connectivity index (χ1n) is 6.71. The molecule has 0 aliphatic carbocycles. The molecule has 0 radical (unpaired) electrons. The third-order valence-electron chi connectivity index (χ3n) is 2.84. The van der Waals surface area contributed by atoms with Gasteiger partial charge in [0, 0.05) is 32.8 Å². The highest BCUT2D eigenvalue weighted by atomic mass is 15.3. The van der Waals surface area contributed by atoms with Crippen molar-refractivity contribution >= 4 is 0 Å². The maximum absolute atomic E-state index is 4.35. The van der Waals surface area contributed by atoms with E-state index in [0.717, 1.165) is 37.6 Å². The molecule has 2 aromatic rings. The van der Waals surface area contributed by atoms with Gasteiger partial charge < -0.3 is 5.32 Å². The zero-order valence-corrected chi connectivity index (χ0v) is 11.9. The van der Waals surface area contributed by atoms with E-state index in [1.807, 2.05) is 28.7 Å². The fourth-order valence-corrected chi connectivity index (χ4v) is 1.94. The van der Waals surface area contributed by atoms with Gasteiger partial charge in [0.15, 0.2) is 0 Å². The predicted molar refractivity (Wildman–Crippen MR) is 73.5 cm³/mol. The number of aryl methyl sites for hydroxylation is 1. The van der Waals surface area contributed by atoms with Gasteiger partial charge in [-0.3, -0.25) is 4.68 Å². The zero-order valence-electron chi connectivity index (χ0n) is 11.9. The van der Waals surface area contributed by atoms with E-state index in [9.17, 15) is 0 Å². The molecule has 0 amide bonds. The standard InChI is InChI=1S/C13H22N6/c1-11(2)9-19-13(15-10-16-19)8-14-6-4-12-5-7-18(3)17-12/h5,7,10-11,14H,4,6,8-9H2,1-3H3. The van der Waals surface area contributed by atoms with Crippen molar-refractivity contribution in [1.29, 1.82) is 0 Å². The first kappa shape index (κ1) is 13.7. The fourth-order valence-electron chi connectivity index (χ4n) is 1.94. The zero-order chi connectivity index (χ0) is 13.7. The van der Waals surface area contributed by atoms with Crippen LogP contribution in [-0.4, -0.2) is 31.1 Å². The van der Waals surface area contributed by atoms with Gasteiger partial charge in [0.05, 0.1) is 12.2 Å². The van der Waals surface area contributed by atoms with Gasteiger partial charge in [-0.05, 0) is 12.0 Å². The number of nitrogens with zero attached hydrogens (tertiary/aromatic N) is 5. The smallest absolute Gasteiger partial charge is 0.140 e. The van der Waals surface area contributed by atoms with Crippen LogP contribution in [0.3, 0.4) is 0 Å². The lowest BCUT2D eigenvalue weighted by Gasteiger charge is -2.09. The van der Waals surface area contributed by atoms with Crippen molar-refractivity contribution in [1.82, 2.24) is 29.9 Å². The molecule has 6 nitrogen and oxygen atoms in total. The lowest BCUT2D eigenvalue weighted by molar-refractivity contribution is 0.458. The molecule has 2 heterocycles. The fraction of sp³-hybridized carbons (Fsp3) is 0.615. The van der Waals surface area contributed by atoms with Gasteiger partial charge in [0.2, 0.25) is 0 Å². The molecule has 2 rings (SSSR count). The molecule has 19 heavy (non-hydrogen) atoms. The molecule has 0 bridgehead atoms. The van der Waals surface area contributed by atoms with Gasteiger partial charge >= 0.3 is 0 Å². The Bertz CT molecular complexity index is 499. The minimum absolute atomic E-state index is 0.578. The third kappa shape index (κ3) is 4.17. The lowest BCUT2D eigenvalue weighted by Crippen LogP contribution is -2.21. The van der Waals surface area contributed by atoms with Crippen LogP contribution in [0.1, 0.15) is 25.4 Å². The van der Waals surface area contributed by atoms with Gasteiger partial charge in [0.1, 0.15) is 12.2 Å². The minimum Gasteiger partial charge on any atom is -0.309 e. The molecule has 0 saturated carbocycles. The number of rotatable bonds is 7. The Morgan fingerprint density at radius 3 is 2.89 bits per heavy atom. The highest BCUT2D eigenvalue weighted by Crippen LogP contribution is 2.01. The number of hydrogen-bond donors (Lipinski definition) is 1. The summed E-state index contributed by atoms with van der Waals surface area (Å²) in [7, 11) is 1.94. The molecule has 6 heteroatoms. The molecule has 2 aromatic heterocycles. The molecular formula is C13H22N6. The van der Waals surface area contributed by atoms with Crippen molar-refractivity contribution in [3.63, 3.8) is 0 Å². The maximum Gasteiger partial charge on any atom is 0.140 e. The Balaban J connectivity index is 1.75.